The minimum absolute atomic E-state index is 0.0876. The maximum Gasteiger partial charge on any atom is 0.453 e. The van der Waals surface area contributed by atoms with Gasteiger partial charge < -0.3 is 14.9 Å². The highest BCUT2D eigenvalue weighted by atomic mass is 32.2. The second kappa shape index (κ2) is 13.8. The number of ether oxygens (including phenoxy) is 1. The second-order valence-corrected chi connectivity index (χ2v) is 14.6. The van der Waals surface area contributed by atoms with Gasteiger partial charge in [-0.25, -0.2) is 0 Å². The van der Waals surface area contributed by atoms with Crippen molar-refractivity contribution in [3.05, 3.63) is 59.2 Å². The predicted molar refractivity (Wildman–Crippen MR) is 165 cm³/mol. The van der Waals surface area contributed by atoms with Crippen molar-refractivity contribution in [2.45, 2.75) is 108 Å². The average Bonchev–Trinajstić information content (AvgIpc) is 3.28. The molecule has 0 aliphatic heterocycles. The molecule has 2 aromatic carbocycles. The van der Waals surface area contributed by atoms with Crippen LogP contribution in [0.25, 0.3) is 0 Å². The third kappa shape index (κ3) is 7.19. The lowest BCUT2D eigenvalue weighted by atomic mass is 9.51. The molecule has 0 bridgehead atoms. The molecule has 3 aliphatic rings. The van der Waals surface area contributed by atoms with E-state index in [1.807, 2.05) is 24.3 Å². The summed E-state index contributed by atoms with van der Waals surface area (Å²) in [6, 6.07) is 14.3. The number of phenolic OH excluding ortho intramolecular Hbond substituents is 1. The van der Waals surface area contributed by atoms with Gasteiger partial charge in [0.05, 0.1) is 12.7 Å². The normalized spacial score (nSPS) is 28.3. The molecule has 44 heavy (non-hydrogen) atoms. The molecule has 0 heterocycles. The van der Waals surface area contributed by atoms with Crippen LogP contribution in [0, 0.1) is 17.3 Å². The second-order valence-electron chi connectivity index (χ2n) is 13.4. The van der Waals surface area contributed by atoms with Crippen molar-refractivity contribution in [2.75, 3.05) is 18.1 Å². The topological polar surface area (TPSA) is 49.7 Å². The van der Waals surface area contributed by atoms with E-state index in [4.69, 9.17) is 4.74 Å². The lowest BCUT2D eigenvalue weighted by molar-refractivity contribution is -0.284. The summed E-state index contributed by atoms with van der Waals surface area (Å²) in [5.74, 6) is -0.704. The van der Waals surface area contributed by atoms with Gasteiger partial charge in [-0.1, -0.05) is 38.0 Å². The average molecular weight is 641 g/mol. The fourth-order valence-electron chi connectivity index (χ4n) is 8.29. The summed E-state index contributed by atoms with van der Waals surface area (Å²) in [5, 5.41) is 21.2. The number of aliphatic hydroxyl groups is 1. The molecule has 0 unspecified atom stereocenters. The molecule has 2 N–H and O–H groups in total. The lowest BCUT2D eigenvalue weighted by Gasteiger charge is -2.54. The van der Waals surface area contributed by atoms with Crippen LogP contribution in [-0.2, 0) is 6.42 Å². The van der Waals surface area contributed by atoms with Crippen molar-refractivity contribution in [1.29, 1.82) is 0 Å². The number of halogens is 5. The first-order chi connectivity index (χ1) is 20.9. The Bertz CT molecular complexity index is 1240. The number of unbranched alkanes of at least 4 members (excludes halogenated alkanes) is 3. The zero-order valence-corrected chi connectivity index (χ0v) is 26.2. The largest absolute Gasteiger partial charge is 0.508 e. The quantitative estimate of drug-likeness (QED) is 0.169. The Morgan fingerprint density at radius 1 is 0.909 bits per heavy atom. The summed E-state index contributed by atoms with van der Waals surface area (Å²) in [5.41, 5.74) is 3.79. The number of fused-ring (bicyclic) bond motifs is 5. The van der Waals surface area contributed by atoms with Crippen molar-refractivity contribution in [3.8, 4) is 11.5 Å². The highest BCUT2D eigenvalue weighted by Crippen LogP contribution is 2.65. The molecular weight excluding hydrogens is 595 g/mol. The summed E-state index contributed by atoms with van der Waals surface area (Å²) < 4.78 is 68.5. The summed E-state index contributed by atoms with van der Waals surface area (Å²) >= 11 is 1.43. The van der Waals surface area contributed by atoms with Crippen molar-refractivity contribution >= 4 is 11.8 Å². The van der Waals surface area contributed by atoms with Crippen LogP contribution >= 0.6 is 11.8 Å². The number of rotatable bonds is 13. The molecule has 0 radical (unpaired) electrons. The van der Waals surface area contributed by atoms with Gasteiger partial charge in [0.15, 0.2) is 0 Å². The van der Waals surface area contributed by atoms with Gasteiger partial charge in [-0.05, 0) is 133 Å². The number of hydrogen-bond acceptors (Lipinski definition) is 4. The first-order valence-corrected chi connectivity index (χ1v) is 17.3. The van der Waals surface area contributed by atoms with E-state index in [2.05, 4.69) is 25.1 Å². The molecule has 9 heteroatoms. The van der Waals surface area contributed by atoms with Crippen LogP contribution in [0.3, 0.4) is 0 Å². The van der Waals surface area contributed by atoms with E-state index in [-0.39, 0.29) is 23.9 Å². The maximum atomic E-state index is 12.9. The minimum Gasteiger partial charge on any atom is -0.508 e. The van der Waals surface area contributed by atoms with Crippen LogP contribution in [-0.4, -0.2) is 46.5 Å². The third-order valence-electron chi connectivity index (χ3n) is 10.6. The van der Waals surface area contributed by atoms with E-state index in [9.17, 15) is 32.2 Å². The SMILES string of the molecule is C[C@]12C[C@H](c3ccc(OCCCCCCSCCCC(F)(F)C(F)(F)F)cc3)[C@@H]3c4ccc(O)cc4CC[C@H]3[C@@H]1CC[C@@H]2O. The number of aromatic hydroxyl groups is 1. The standard InChI is InChI=1S/C35H45F5O3S/c1-33-22-29(32-27-14-10-25(41)21-24(27)9-13-28(32)30(33)15-16-31(33)42)23-7-11-26(12-8-23)43-18-4-2-3-5-19-44-20-6-17-34(36,37)35(38,39)40/h7-8,10-12,14,21,28-32,41-42H,2-6,9,13,15-20,22H2,1H3/t28-,29+,30-,31-,32+,33-/m0/s1. The van der Waals surface area contributed by atoms with Gasteiger partial charge in [-0.3, -0.25) is 0 Å². The Balaban J connectivity index is 1.08. The Hall–Kier alpha value is -2.00. The van der Waals surface area contributed by atoms with Crippen molar-refractivity contribution < 1.29 is 36.9 Å². The Kier molecular flexibility index (Phi) is 10.4. The number of aryl methyl sites for hydroxylation is 1. The van der Waals surface area contributed by atoms with E-state index in [1.165, 1.54) is 28.5 Å². The molecule has 244 valence electrons. The summed E-state index contributed by atoms with van der Waals surface area (Å²) in [6.07, 6.45) is 1.64. The van der Waals surface area contributed by atoms with Crippen LogP contribution in [0.15, 0.2) is 42.5 Å². The van der Waals surface area contributed by atoms with Crippen LogP contribution in [0.4, 0.5) is 22.0 Å². The number of hydrogen-bond donors (Lipinski definition) is 2. The molecule has 0 aromatic heterocycles. The van der Waals surface area contributed by atoms with Gasteiger partial charge in [0, 0.05) is 6.42 Å². The first-order valence-electron chi connectivity index (χ1n) is 16.2. The molecule has 0 saturated heterocycles. The number of phenols is 1. The molecule has 0 amide bonds. The molecule has 2 fully saturated rings. The Morgan fingerprint density at radius 3 is 2.39 bits per heavy atom. The molecule has 0 spiro atoms. The highest BCUT2D eigenvalue weighted by Gasteiger charge is 2.58. The third-order valence-corrected chi connectivity index (χ3v) is 11.8. The maximum absolute atomic E-state index is 12.9. The van der Waals surface area contributed by atoms with E-state index in [1.54, 1.807) is 0 Å². The molecule has 6 atom stereocenters. The highest BCUT2D eigenvalue weighted by molar-refractivity contribution is 7.99. The van der Waals surface area contributed by atoms with Gasteiger partial charge in [-0.15, -0.1) is 0 Å². The number of aliphatic hydroxyl groups excluding tert-OH is 1. The van der Waals surface area contributed by atoms with Crippen LogP contribution in [0.5, 0.6) is 11.5 Å². The van der Waals surface area contributed by atoms with Gasteiger partial charge >= 0.3 is 12.1 Å². The molecule has 5 rings (SSSR count). The van der Waals surface area contributed by atoms with Crippen molar-refractivity contribution in [3.63, 3.8) is 0 Å². The van der Waals surface area contributed by atoms with Crippen LogP contribution in [0.2, 0.25) is 0 Å². The molecule has 2 saturated carbocycles. The Labute approximate surface area is 262 Å². The van der Waals surface area contributed by atoms with Crippen LogP contribution in [0.1, 0.15) is 99.7 Å². The van der Waals surface area contributed by atoms with Gasteiger partial charge in [0.2, 0.25) is 0 Å². The first kappa shape index (κ1) is 33.4. The van der Waals surface area contributed by atoms with Gasteiger partial charge in [0.1, 0.15) is 11.5 Å². The molecular formula is C35H45F5O3S. The van der Waals surface area contributed by atoms with E-state index in [0.29, 0.717) is 35.9 Å². The summed E-state index contributed by atoms with van der Waals surface area (Å²) in [7, 11) is 0. The van der Waals surface area contributed by atoms with Crippen molar-refractivity contribution in [1.82, 2.24) is 0 Å². The van der Waals surface area contributed by atoms with E-state index < -0.39 is 18.5 Å². The Morgan fingerprint density at radius 2 is 1.64 bits per heavy atom. The van der Waals surface area contributed by atoms with E-state index in [0.717, 1.165) is 69.3 Å². The molecule has 2 aromatic rings. The molecule has 3 aliphatic carbocycles. The zero-order valence-electron chi connectivity index (χ0n) is 25.4. The fraction of sp³-hybridized carbons (Fsp3) is 0.657. The van der Waals surface area contributed by atoms with Crippen LogP contribution < -0.4 is 4.74 Å². The van der Waals surface area contributed by atoms with Crippen molar-refractivity contribution in [2.24, 2.45) is 17.3 Å². The minimum atomic E-state index is -5.46. The zero-order chi connectivity index (χ0) is 31.5. The smallest absolute Gasteiger partial charge is 0.453 e. The number of thioether (sulfide) groups is 1. The lowest BCUT2D eigenvalue weighted by Crippen LogP contribution is -2.47. The van der Waals surface area contributed by atoms with Gasteiger partial charge in [-0.2, -0.15) is 33.7 Å². The summed E-state index contributed by atoms with van der Waals surface area (Å²) in [6.45, 7) is 2.89. The van der Waals surface area contributed by atoms with Gasteiger partial charge in [0.25, 0.3) is 0 Å². The summed E-state index contributed by atoms with van der Waals surface area (Å²) in [4.78, 5) is 0. The van der Waals surface area contributed by atoms with E-state index >= 15 is 0 Å². The predicted octanol–water partition coefficient (Wildman–Crippen LogP) is 9.65. The monoisotopic (exact) mass is 640 g/mol. The fourth-order valence-corrected chi connectivity index (χ4v) is 9.26. The molecule has 3 nitrogen and oxygen atoms in total. The number of benzene rings is 2. The number of alkyl halides is 5.